The predicted octanol–water partition coefficient (Wildman–Crippen LogP) is 2.54. The zero-order valence-electron chi connectivity index (χ0n) is 15.1. The highest BCUT2D eigenvalue weighted by atomic mass is 32.2. The molecule has 1 saturated heterocycles. The highest BCUT2D eigenvalue weighted by molar-refractivity contribution is 7.88. The third kappa shape index (κ3) is 3.47. The summed E-state index contributed by atoms with van der Waals surface area (Å²) in [5.74, 6) is -0.596. The van der Waals surface area contributed by atoms with Crippen LogP contribution in [0.1, 0.15) is 41.6 Å². The number of halogens is 3. The van der Waals surface area contributed by atoms with Crippen molar-refractivity contribution in [3.63, 3.8) is 0 Å². The molecule has 1 unspecified atom stereocenters. The molecule has 1 saturated carbocycles. The van der Waals surface area contributed by atoms with Crippen LogP contribution in [0.3, 0.4) is 0 Å². The van der Waals surface area contributed by atoms with E-state index < -0.39 is 21.4 Å². The van der Waals surface area contributed by atoms with Gasteiger partial charge in [-0.25, -0.2) is 0 Å². The van der Waals surface area contributed by atoms with Crippen LogP contribution >= 0.6 is 0 Å². The Kier molecular flexibility index (Phi) is 4.81. The lowest BCUT2D eigenvalue weighted by Gasteiger charge is -2.37. The van der Waals surface area contributed by atoms with Crippen LogP contribution in [0.2, 0.25) is 0 Å². The van der Waals surface area contributed by atoms with Crippen molar-refractivity contribution in [3.05, 3.63) is 29.3 Å². The summed E-state index contributed by atoms with van der Waals surface area (Å²) in [5, 5.41) is 0. The zero-order chi connectivity index (χ0) is 20.1. The van der Waals surface area contributed by atoms with E-state index in [0.29, 0.717) is 30.1 Å². The third-order valence-corrected chi connectivity index (χ3v) is 6.88. The van der Waals surface area contributed by atoms with Crippen molar-refractivity contribution in [2.75, 3.05) is 19.6 Å². The molecule has 1 aromatic carbocycles. The minimum Gasteiger partial charge on any atom is -0.376 e. The number of rotatable bonds is 4. The molecule has 154 valence electrons. The number of carbonyl (C=O) groups is 1. The highest BCUT2D eigenvalue weighted by Gasteiger charge is 2.48. The second-order valence-corrected chi connectivity index (χ2v) is 9.11. The molecule has 0 N–H and O–H groups in total. The van der Waals surface area contributed by atoms with Gasteiger partial charge in [0.05, 0.1) is 0 Å². The Morgan fingerprint density at radius 2 is 1.82 bits per heavy atom. The van der Waals surface area contributed by atoms with Crippen LogP contribution in [-0.2, 0) is 16.5 Å². The van der Waals surface area contributed by atoms with E-state index in [1.165, 1.54) is 31.4 Å². The Labute approximate surface area is 161 Å². The number of hydrogen-bond donors (Lipinski definition) is 0. The maximum absolute atomic E-state index is 12.9. The van der Waals surface area contributed by atoms with Gasteiger partial charge in [-0.05, 0) is 49.4 Å². The van der Waals surface area contributed by atoms with Gasteiger partial charge in [0.2, 0.25) is 0 Å². The topological polar surface area (TPSA) is 66.9 Å². The molecule has 6 nitrogen and oxygen atoms in total. The van der Waals surface area contributed by atoms with Crippen molar-refractivity contribution in [2.24, 2.45) is 0 Å². The number of amides is 1. The van der Waals surface area contributed by atoms with Gasteiger partial charge >= 0.3 is 15.6 Å². The van der Waals surface area contributed by atoms with Crippen molar-refractivity contribution >= 4 is 16.0 Å². The van der Waals surface area contributed by atoms with Gasteiger partial charge in [-0.3, -0.25) is 9.69 Å². The van der Waals surface area contributed by atoms with E-state index >= 15 is 0 Å². The molecule has 2 heterocycles. The molecule has 1 amide bonds. The summed E-state index contributed by atoms with van der Waals surface area (Å²) in [6.07, 6.45) is 5.06. The molecule has 28 heavy (non-hydrogen) atoms. The summed E-state index contributed by atoms with van der Waals surface area (Å²) in [6, 6.07) is 4.43. The summed E-state index contributed by atoms with van der Waals surface area (Å²) in [4.78, 5) is 17.2. The number of fused-ring (bicyclic) bond motifs is 1. The van der Waals surface area contributed by atoms with Gasteiger partial charge in [-0.1, -0.05) is 6.42 Å². The summed E-state index contributed by atoms with van der Waals surface area (Å²) >= 11 is 0. The number of alkyl halides is 3. The molecular weight excluding hydrogens is 397 g/mol. The van der Waals surface area contributed by atoms with Crippen LogP contribution < -0.4 is 4.18 Å². The van der Waals surface area contributed by atoms with Gasteiger partial charge in [-0.15, -0.1) is 0 Å². The fourth-order valence-corrected chi connectivity index (χ4v) is 4.61. The highest BCUT2D eigenvalue weighted by Crippen LogP contribution is 2.33. The van der Waals surface area contributed by atoms with E-state index in [9.17, 15) is 26.4 Å². The second kappa shape index (κ2) is 6.91. The molecular formula is C18H21F3N2O4S. The molecule has 1 atom stereocenters. The number of carbonyl (C=O) groups excluding carboxylic acids is 1. The molecule has 10 heteroatoms. The normalized spacial score (nSPS) is 24.2. The first-order valence-electron chi connectivity index (χ1n) is 9.34. The van der Waals surface area contributed by atoms with Crippen LogP contribution in [0, 0.1) is 0 Å². The van der Waals surface area contributed by atoms with E-state index in [4.69, 9.17) is 0 Å². The fourth-order valence-electron chi connectivity index (χ4n) is 4.16. The monoisotopic (exact) mass is 418 g/mol. The fraction of sp³-hybridized carbons (Fsp3) is 0.611. The molecule has 1 aliphatic carbocycles. The number of hydrogen-bond acceptors (Lipinski definition) is 5. The smallest absolute Gasteiger partial charge is 0.376 e. The minimum absolute atomic E-state index is 0.141. The largest absolute Gasteiger partial charge is 0.534 e. The van der Waals surface area contributed by atoms with Crippen molar-refractivity contribution in [3.8, 4) is 5.75 Å². The molecule has 3 aliphatic rings. The van der Waals surface area contributed by atoms with Crippen LogP contribution in [-0.4, -0.2) is 61.4 Å². The van der Waals surface area contributed by atoms with Gasteiger partial charge in [0, 0.05) is 37.3 Å². The van der Waals surface area contributed by atoms with E-state index in [1.807, 2.05) is 4.90 Å². The number of nitrogens with zero attached hydrogens (tertiary/aromatic N) is 2. The van der Waals surface area contributed by atoms with Crippen LogP contribution in [0.15, 0.2) is 18.2 Å². The Morgan fingerprint density at radius 1 is 1.07 bits per heavy atom. The number of benzene rings is 1. The molecule has 0 radical (unpaired) electrons. The first-order valence-corrected chi connectivity index (χ1v) is 10.8. The average molecular weight is 418 g/mol. The van der Waals surface area contributed by atoms with Crippen molar-refractivity contribution in [1.29, 1.82) is 0 Å². The maximum Gasteiger partial charge on any atom is 0.534 e. The van der Waals surface area contributed by atoms with Gasteiger partial charge in [0.25, 0.3) is 5.91 Å². The van der Waals surface area contributed by atoms with Crippen LogP contribution in [0.25, 0.3) is 0 Å². The van der Waals surface area contributed by atoms with Crippen molar-refractivity contribution in [2.45, 2.75) is 49.7 Å². The molecule has 2 fully saturated rings. The summed E-state index contributed by atoms with van der Waals surface area (Å²) in [5.41, 5.74) is -4.60. The van der Waals surface area contributed by atoms with E-state index in [-0.39, 0.29) is 11.9 Å². The standard InChI is InChI=1S/C18H21F3N2O4S/c19-18(20,21)28(25,26)27-15-4-5-16-12(10-15)6-9-23(17(16)24)14-7-8-22(11-14)13-2-1-3-13/h4-5,10,13-14H,1-3,6-9,11H2. The third-order valence-electron chi connectivity index (χ3n) is 5.91. The molecule has 0 bridgehead atoms. The van der Waals surface area contributed by atoms with E-state index in [1.54, 1.807) is 0 Å². The van der Waals surface area contributed by atoms with Crippen molar-refractivity contribution < 1.29 is 30.6 Å². The second-order valence-electron chi connectivity index (χ2n) is 7.57. The Balaban J connectivity index is 1.47. The Morgan fingerprint density at radius 3 is 2.46 bits per heavy atom. The summed E-state index contributed by atoms with van der Waals surface area (Å²) in [6.45, 7) is 2.30. The average Bonchev–Trinajstić information content (AvgIpc) is 3.01. The molecule has 4 rings (SSSR count). The lowest BCUT2D eigenvalue weighted by atomic mass is 9.92. The van der Waals surface area contributed by atoms with Gasteiger partial charge in [-0.2, -0.15) is 21.6 Å². The maximum atomic E-state index is 12.9. The van der Waals surface area contributed by atoms with Gasteiger partial charge < -0.3 is 9.08 Å². The first kappa shape index (κ1) is 19.5. The zero-order valence-corrected chi connectivity index (χ0v) is 15.9. The van der Waals surface area contributed by atoms with Crippen LogP contribution in [0.5, 0.6) is 5.75 Å². The Bertz CT molecular complexity index is 883. The van der Waals surface area contributed by atoms with E-state index in [2.05, 4.69) is 9.08 Å². The summed E-state index contributed by atoms with van der Waals surface area (Å²) < 4.78 is 64.0. The predicted molar refractivity (Wildman–Crippen MR) is 94.4 cm³/mol. The lowest BCUT2D eigenvalue weighted by Crippen LogP contribution is -2.47. The molecule has 1 aromatic rings. The Hall–Kier alpha value is -1.81. The molecule has 0 aromatic heterocycles. The molecule has 2 aliphatic heterocycles. The summed E-state index contributed by atoms with van der Waals surface area (Å²) in [7, 11) is -5.73. The van der Waals surface area contributed by atoms with Crippen LogP contribution in [0.4, 0.5) is 13.2 Å². The first-order chi connectivity index (χ1) is 13.2. The quantitative estimate of drug-likeness (QED) is 0.555. The minimum atomic E-state index is -5.73. The van der Waals surface area contributed by atoms with Crippen molar-refractivity contribution in [1.82, 2.24) is 9.80 Å². The van der Waals surface area contributed by atoms with Gasteiger partial charge in [0.15, 0.2) is 0 Å². The number of likely N-dealkylation sites (tertiary alicyclic amines) is 1. The van der Waals surface area contributed by atoms with Gasteiger partial charge in [0.1, 0.15) is 5.75 Å². The lowest BCUT2D eigenvalue weighted by molar-refractivity contribution is -0.0500. The molecule has 0 spiro atoms. The SMILES string of the molecule is O=C1c2ccc(OS(=O)(=O)C(F)(F)F)cc2CCN1C1CCN(C2CCC2)C1. The van der Waals surface area contributed by atoms with E-state index in [0.717, 1.165) is 25.6 Å².